The maximum Gasteiger partial charge on any atom is 0.415 e. The SMILES string of the molecule is CC(C)c1coc([C@H](Nc2c(Nc3csc(S(=O)(=O)N(C)C)c3O)c(=O)c2=O)C(F)(F)F)c1. The predicted octanol–water partition coefficient (Wildman–Crippen LogP) is 3.48. The molecule has 180 valence electrons. The van der Waals surface area contributed by atoms with E-state index in [0.29, 0.717) is 16.9 Å². The second-order valence-corrected chi connectivity index (χ2v) is 10.9. The number of furan rings is 1. The van der Waals surface area contributed by atoms with Crippen molar-refractivity contribution in [3.8, 4) is 5.75 Å². The second kappa shape index (κ2) is 8.50. The van der Waals surface area contributed by atoms with Gasteiger partial charge in [0, 0.05) is 19.5 Å². The molecule has 0 fully saturated rings. The lowest BCUT2D eigenvalue weighted by atomic mass is 10.1. The highest BCUT2D eigenvalue weighted by Gasteiger charge is 2.45. The number of anilines is 3. The number of aromatic hydroxyl groups is 1. The average molecular weight is 508 g/mol. The molecule has 2 heterocycles. The summed E-state index contributed by atoms with van der Waals surface area (Å²) in [5, 5.41) is 15.8. The zero-order valence-corrected chi connectivity index (χ0v) is 19.4. The number of sulfonamides is 1. The molecular formula is C19H20F3N3O6S2. The molecule has 3 rings (SSSR count). The van der Waals surface area contributed by atoms with Gasteiger partial charge >= 0.3 is 6.18 Å². The molecule has 0 unspecified atom stereocenters. The molecule has 0 aliphatic carbocycles. The van der Waals surface area contributed by atoms with Gasteiger partial charge in [0.2, 0.25) is 0 Å². The van der Waals surface area contributed by atoms with Crippen LogP contribution in [-0.4, -0.2) is 38.1 Å². The Hall–Kier alpha value is -2.84. The van der Waals surface area contributed by atoms with Crippen molar-refractivity contribution in [3.63, 3.8) is 0 Å². The highest BCUT2D eigenvalue weighted by Crippen LogP contribution is 2.42. The highest BCUT2D eigenvalue weighted by atomic mass is 32.2. The van der Waals surface area contributed by atoms with Crippen molar-refractivity contribution in [1.82, 2.24) is 4.31 Å². The lowest BCUT2D eigenvalue weighted by Gasteiger charge is -2.23. The molecule has 3 N–H and O–H groups in total. The van der Waals surface area contributed by atoms with Gasteiger partial charge in [-0.1, -0.05) is 13.8 Å². The van der Waals surface area contributed by atoms with Crippen molar-refractivity contribution < 1.29 is 31.1 Å². The minimum atomic E-state index is -4.87. The van der Waals surface area contributed by atoms with Gasteiger partial charge < -0.3 is 20.2 Å². The van der Waals surface area contributed by atoms with Gasteiger partial charge in [0.25, 0.3) is 20.9 Å². The van der Waals surface area contributed by atoms with Crippen LogP contribution in [0.5, 0.6) is 5.75 Å². The third kappa shape index (κ3) is 4.50. The maximum atomic E-state index is 13.7. The molecule has 1 atom stereocenters. The average Bonchev–Trinajstić information content (AvgIpc) is 3.33. The van der Waals surface area contributed by atoms with Crippen molar-refractivity contribution >= 4 is 38.4 Å². The Balaban J connectivity index is 1.95. The lowest BCUT2D eigenvalue weighted by Crippen LogP contribution is -2.40. The van der Waals surface area contributed by atoms with Crippen molar-refractivity contribution in [1.29, 1.82) is 0 Å². The summed E-state index contributed by atoms with van der Waals surface area (Å²) in [6.45, 7) is 3.53. The first-order chi connectivity index (χ1) is 15.2. The van der Waals surface area contributed by atoms with Crippen LogP contribution < -0.4 is 21.5 Å². The van der Waals surface area contributed by atoms with Crippen LogP contribution in [0.25, 0.3) is 0 Å². The van der Waals surface area contributed by atoms with Gasteiger partial charge in [-0.25, -0.2) is 12.7 Å². The zero-order valence-electron chi connectivity index (χ0n) is 17.8. The number of nitrogens with zero attached hydrogens (tertiary/aromatic N) is 1. The Bertz CT molecular complexity index is 1350. The largest absolute Gasteiger partial charge is 0.504 e. The molecule has 0 aliphatic heterocycles. The first kappa shape index (κ1) is 24.8. The van der Waals surface area contributed by atoms with E-state index in [1.54, 1.807) is 13.8 Å². The first-order valence-corrected chi connectivity index (χ1v) is 11.7. The van der Waals surface area contributed by atoms with Crippen LogP contribution in [-0.2, 0) is 10.0 Å². The molecule has 0 bridgehead atoms. The fourth-order valence-electron chi connectivity index (χ4n) is 2.84. The van der Waals surface area contributed by atoms with Gasteiger partial charge in [0.05, 0.1) is 12.0 Å². The van der Waals surface area contributed by atoms with E-state index >= 15 is 0 Å². The van der Waals surface area contributed by atoms with Gasteiger partial charge in [-0.15, -0.1) is 11.3 Å². The Morgan fingerprint density at radius 2 is 1.76 bits per heavy atom. The smallest absolute Gasteiger partial charge is 0.415 e. The van der Waals surface area contributed by atoms with E-state index in [-0.39, 0.29) is 11.6 Å². The van der Waals surface area contributed by atoms with E-state index in [0.717, 1.165) is 9.69 Å². The van der Waals surface area contributed by atoms with Crippen LogP contribution in [0.4, 0.5) is 30.2 Å². The molecule has 3 aromatic rings. The molecule has 14 heteroatoms. The molecule has 0 saturated heterocycles. The van der Waals surface area contributed by atoms with E-state index in [2.05, 4.69) is 5.32 Å². The quantitative estimate of drug-likeness (QED) is 0.396. The van der Waals surface area contributed by atoms with Gasteiger partial charge in [-0.05, 0) is 17.5 Å². The minimum absolute atomic E-state index is 0.103. The summed E-state index contributed by atoms with van der Waals surface area (Å²) in [4.78, 5) is 24.1. The fourth-order valence-corrected chi connectivity index (χ4v) is 5.22. The molecule has 2 aromatic heterocycles. The number of hydrogen-bond acceptors (Lipinski definition) is 9. The number of hydrogen-bond donors (Lipinski definition) is 3. The standard InChI is InChI=1S/C19H20F3N3O6S2/c1-8(2)9-5-11(31-6-9)17(19(20,21)22)24-13-12(15(27)16(13)28)23-10-7-32-18(14(10)26)33(29,30)25(3)4/h5-8,17,23-24,26H,1-4H3/t17-/m0/s1. The van der Waals surface area contributed by atoms with E-state index in [1.807, 2.05) is 5.32 Å². The maximum absolute atomic E-state index is 13.7. The summed E-state index contributed by atoms with van der Waals surface area (Å²) in [5.41, 5.74) is -3.25. The van der Waals surface area contributed by atoms with E-state index in [1.165, 1.54) is 26.4 Å². The fraction of sp³-hybridized carbons (Fsp3) is 0.368. The highest BCUT2D eigenvalue weighted by molar-refractivity contribution is 7.91. The van der Waals surface area contributed by atoms with Crippen LogP contribution in [0.3, 0.4) is 0 Å². The van der Waals surface area contributed by atoms with Crippen molar-refractivity contribution in [2.24, 2.45) is 0 Å². The van der Waals surface area contributed by atoms with Crippen LogP contribution in [0.2, 0.25) is 0 Å². The van der Waals surface area contributed by atoms with Gasteiger partial charge in [0.15, 0.2) is 16.0 Å². The molecule has 0 amide bonds. The Labute approximate surface area is 190 Å². The van der Waals surface area contributed by atoms with Crippen LogP contribution in [0.15, 0.2) is 35.9 Å². The van der Waals surface area contributed by atoms with Crippen molar-refractivity contribution in [2.45, 2.75) is 36.2 Å². The normalized spacial score (nSPS) is 13.7. The van der Waals surface area contributed by atoms with E-state index < -0.39 is 60.2 Å². The van der Waals surface area contributed by atoms with Crippen LogP contribution in [0.1, 0.15) is 37.1 Å². The summed E-state index contributed by atoms with van der Waals surface area (Å²) in [5.74, 6) is -1.33. The lowest BCUT2D eigenvalue weighted by molar-refractivity contribution is -0.147. The van der Waals surface area contributed by atoms with Gasteiger partial charge in [-0.3, -0.25) is 9.59 Å². The molecule has 1 aromatic carbocycles. The van der Waals surface area contributed by atoms with Crippen molar-refractivity contribution in [3.05, 3.63) is 49.5 Å². The molecule has 9 nitrogen and oxygen atoms in total. The summed E-state index contributed by atoms with van der Waals surface area (Å²) < 4.78 is 71.1. The molecular weight excluding hydrogens is 487 g/mol. The number of alkyl halides is 3. The summed E-state index contributed by atoms with van der Waals surface area (Å²) in [6.07, 6.45) is -3.70. The Kier molecular flexibility index (Phi) is 6.39. The summed E-state index contributed by atoms with van der Waals surface area (Å²) in [6, 6.07) is -1.22. The predicted molar refractivity (Wildman–Crippen MR) is 117 cm³/mol. The summed E-state index contributed by atoms with van der Waals surface area (Å²) >= 11 is 0.635. The number of rotatable bonds is 8. The van der Waals surface area contributed by atoms with E-state index in [9.17, 15) is 36.3 Å². The van der Waals surface area contributed by atoms with Crippen LogP contribution in [0, 0.1) is 0 Å². The molecule has 0 aliphatic rings. The molecule has 0 spiro atoms. The number of thiophene rings is 1. The van der Waals surface area contributed by atoms with Crippen LogP contribution >= 0.6 is 11.3 Å². The van der Waals surface area contributed by atoms with Gasteiger partial charge in [-0.2, -0.15) is 13.2 Å². The molecule has 0 saturated carbocycles. The Morgan fingerprint density at radius 1 is 1.15 bits per heavy atom. The summed E-state index contributed by atoms with van der Waals surface area (Å²) in [7, 11) is -1.52. The number of halogens is 3. The Morgan fingerprint density at radius 3 is 2.27 bits per heavy atom. The number of nitrogens with one attached hydrogen (secondary N) is 2. The van der Waals surface area contributed by atoms with Crippen molar-refractivity contribution in [2.75, 3.05) is 24.7 Å². The zero-order chi connectivity index (χ0) is 24.9. The van der Waals surface area contributed by atoms with Gasteiger partial charge in [0.1, 0.15) is 17.1 Å². The third-order valence-corrected chi connectivity index (χ3v) is 8.13. The molecule has 33 heavy (non-hydrogen) atoms. The second-order valence-electron chi connectivity index (χ2n) is 7.66. The minimum Gasteiger partial charge on any atom is -0.504 e. The first-order valence-electron chi connectivity index (χ1n) is 9.41. The molecule has 0 radical (unpaired) electrons. The monoisotopic (exact) mass is 507 g/mol. The third-order valence-electron chi connectivity index (χ3n) is 4.82. The topological polar surface area (TPSA) is 129 Å². The van der Waals surface area contributed by atoms with E-state index in [4.69, 9.17) is 4.42 Å².